The average molecular weight is 486 g/mol. The highest BCUT2D eigenvalue weighted by Gasteiger charge is 2.66. The van der Waals surface area contributed by atoms with Crippen LogP contribution in [0, 0.1) is 27.4 Å². The molecule has 34 heavy (non-hydrogen) atoms. The van der Waals surface area contributed by atoms with Gasteiger partial charge in [0.2, 0.25) is 11.9 Å². The topological polar surface area (TPSA) is 138 Å². The Labute approximate surface area is 195 Å². The van der Waals surface area contributed by atoms with E-state index in [1.165, 1.54) is 34.7 Å². The van der Waals surface area contributed by atoms with Crippen LogP contribution in [0.25, 0.3) is 10.4 Å². The van der Waals surface area contributed by atoms with Crippen molar-refractivity contribution >= 4 is 39.3 Å². The van der Waals surface area contributed by atoms with Crippen molar-refractivity contribution < 1.29 is 29.1 Å². The molecule has 1 saturated heterocycles. The number of carboxylic acids is 1. The van der Waals surface area contributed by atoms with Crippen molar-refractivity contribution in [3.8, 4) is 0 Å². The van der Waals surface area contributed by atoms with Gasteiger partial charge in [-0.2, -0.15) is 4.39 Å². The molecule has 0 unspecified atom stereocenters. The first-order valence-electron chi connectivity index (χ1n) is 10.4. The number of hydrogen-bond acceptors (Lipinski definition) is 7. The third-order valence-corrected chi connectivity index (χ3v) is 7.80. The second kappa shape index (κ2) is 7.43. The summed E-state index contributed by atoms with van der Waals surface area (Å²) in [4.78, 5) is 41.4. The molecule has 0 bridgehead atoms. The number of amides is 1. The lowest BCUT2D eigenvalue weighted by molar-refractivity contribution is -0.384. The van der Waals surface area contributed by atoms with Gasteiger partial charge in [-0.25, -0.2) is 9.78 Å². The molecule has 0 aliphatic carbocycles. The lowest BCUT2D eigenvalue weighted by atomic mass is 9.64. The summed E-state index contributed by atoms with van der Waals surface area (Å²) in [7, 11) is 0. The Bertz CT molecular complexity index is 1390. The first kappa shape index (κ1) is 22.2. The second-order valence-corrected chi connectivity index (χ2v) is 9.84. The number of benzene rings is 1. The number of β-lactam (4-membered cyclic amide) rings is 1. The monoisotopic (exact) mass is 486 g/mol. The standard InChI is InChI=1S/C22H19FN4O6S/c1-10(28)14-17-22(2,7-11-3-5-12(6-4-11)27(32)33)15(16(21(30)31)26(17)19(14)29)13-8-25-9-24-18(23)20(25)34-13/h3-6,8-10,14,17,28H,7H2,1-2H3,(H,30,31)/t10-,14-,17-,22+/m1/s1. The predicted octanol–water partition coefficient (Wildman–Crippen LogP) is 2.71. The number of halogens is 1. The van der Waals surface area contributed by atoms with Gasteiger partial charge in [-0.3, -0.25) is 19.3 Å². The van der Waals surface area contributed by atoms with E-state index in [0.717, 1.165) is 11.3 Å². The smallest absolute Gasteiger partial charge is 0.352 e. The summed E-state index contributed by atoms with van der Waals surface area (Å²) in [5.74, 6) is -3.30. The number of thiazole rings is 1. The molecule has 4 heterocycles. The molecule has 0 radical (unpaired) electrons. The highest BCUT2D eigenvalue weighted by Crippen LogP contribution is 2.59. The quantitative estimate of drug-likeness (QED) is 0.310. The highest BCUT2D eigenvalue weighted by molar-refractivity contribution is 7.18. The molecule has 5 rings (SSSR count). The fourth-order valence-corrected chi connectivity index (χ4v) is 6.45. The van der Waals surface area contributed by atoms with Crippen LogP contribution in [0.15, 0.2) is 42.5 Å². The van der Waals surface area contributed by atoms with Crippen molar-refractivity contribution in [3.63, 3.8) is 0 Å². The molecule has 1 amide bonds. The van der Waals surface area contributed by atoms with E-state index in [4.69, 9.17) is 0 Å². The number of aliphatic carboxylic acids is 1. The molecule has 2 aromatic heterocycles. The summed E-state index contributed by atoms with van der Waals surface area (Å²) in [6.07, 6.45) is 2.09. The van der Waals surface area contributed by atoms with Gasteiger partial charge in [0.15, 0.2) is 4.83 Å². The van der Waals surface area contributed by atoms with Crippen molar-refractivity contribution in [2.75, 3.05) is 0 Å². The number of aliphatic hydroxyl groups excluding tert-OH is 1. The second-order valence-electron chi connectivity index (χ2n) is 8.81. The molecule has 2 aliphatic heterocycles. The molecule has 176 valence electrons. The Kier molecular flexibility index (Phi) is 4.85. The van der Waals surface area contributed by atoms with Crippen LogP contribution < -0.4 is 0 Å². The molecular formula is C22H19FN4O6S. The van der Waals surface area contributed by atoms with Gasteiger partial charge in [-0.05, 0) is 18.9 Å². The fourth-order valence-electron chi connectivity index (χ4n) is 5.30. The van der Waals surface area contributed by atoms with Crippen molar-refractivity contribution in [2.24, 2.45) is 11.3 Å². The van der Waals surface area contributed by atoms with E-state index in [-0.39, 0.29) is 22.6 Å². The Morgan fingerprint density at radius 2 is 2.06 bits per heavy atom. The van der Waals surface area contributed by atoms with Crippen molar-refractivity contribution in [3.05, 3.63) is 69.0 Å². The number of hydrogen-bond donors (Lipinski definition) is 2. The Morgan fingerprint density at radius 1 is 1.38 bits per heavy atom. The number of aliphatic hydroxyl groups is 1. The minimum atomic E-state index is -1.30. The number of imidazole rings is 1. The van der Waals surface area contributed by atoms with E-state index in [9.17, 15) is 34.3 Å². The van der Waals surface area contributed by atoms with Crippen LogP contribution in [0.5, 0.6) is 0 Å². The van der Waals surface area contributed by atoms with Crippen molar-refractivity contribution in [2.45, 2.75) is 32.4 Å². The molecule has 1 fully saturated rings. The number of nitro benzene ring substituents is 1. The zero-order chi connectivity index (χ0) is 24.5. The van der Waals surface area contributed by atoms with Crippen molar-refractivity contribution in [1.82, 2.24) is 14.3 Å². The fraction of sp³-hybridized carbons (Fsp3) is 0.318. The maximum atomic E-state index is 14.1. The van der Waals surface area contributed by atoms with Crippen LogP contribution in [-0.4, -0.2) is 53.4 Å². The number of aromatic nitrogens is 2. The maximum Gasteiger partial charge on any atom is 0.352 e. The molecular weight excluding hydrogens is 467 g/mol. The largest absolute Gasteiger partial charge is 0.477 e. The van der Waals surface area contributed by atoms with E-state index >= 15 is 0 Å². The number of non-ortho nitro benzene ring substituents is 1. The SMILES string of the molecule is C[C@@H](O)[C@H]1C(=O)N2C(C(=O)O)=C(c3cn4cnc(F)c4s3)[C@](C)(Cc3ccc([N+](=O)[O-])cc3)[C@@H]12. The van der Waals surface area contributed by atoms with Crippen LogP contribution in [0.4, 0.5) is 10.1 Å². The predicted molar refractivity (Wildman–Crippen MR) is 118 cm³/mol. The summed E-state index contributed by atoms with van der Waals surface area (Å²) < 4.78 is 15.6. The molecule has 2 aliphatic rings. The number of nitrogens with zero attached hydrogens (tertiary/aromatic N) is 4. The lowest BCUT2D eigenvalue weighted by Crippen LogP contribution is -2.66. The van der Waals surface area contributed by atoms with E-state index in [1.54, 1.807) is 18.3 Å². The zero-order valence-electron chi connectivity index (χ0n) is 18.0. The number of carbonyl (C=O) groups is 2. The van der Waals surface area contributed by atoms with E-state index in [2.05, 4.69) is 4.98 Å². The molecule has 0 spiro atoms. The number of rotatable bonds is 6. The minimum Gasteiger partial charge on any atom is -0.477 e. The first-order valence-corrected chi connectivity index (χ1v) is 11.2. The summed E-state index contributed by atoms with van der Waals surface area (Å²) in [5.41, 5.74) is -0.216. The number of carboxylic acid groups (broad SMARTS) is 1. The van der Waals surface area contributed by atoms with Crippen LogP contribution in [0.2, 0.25) is 0 Å². The van der Waals surface area contributed by atoms with E-state index in [0.29, 0.717) is 16.0 Å². The Morgan fingerprint density at radius 3 is 2.62 bits per heavy atom. The van der Waals surface area contributed by atoms with Gasteiger partial charge in [0.1, 0.15) is 12.0 Å². The van der Waals surface area contributed by atoms with Gasteiger partial charge in [0.05, 0.1) is 27.9 Å². The summed E-state index contributed by atoms with van der Waals surface area (Å²) in [6.45, 7) is 3.30. The summed E-state index contributed by atoms with van der Waals surface area (Å²) in [6, 6.07) is 5.25. The molecule has 0 saturated carbocycles. The Balaban J connectivity index is 1.69. The average Bonchev–Trinajstić information content (AvgIpc) is 3.38. The van der Waals surface area contributed by atoms with Gasteiger partial charge in [-0.15, -0.1) is 11.3 Å². The summed E-state index contributed by atoms with van der Waals surface area (Å²) in [5, 5.41) is 31.5. The zero-order valence-corrected chi connectivity index (χ0v) is 18.8. The van der Waals surface area contributed by atoms with Gasteiger partial charge in [0, 0.05) is 29.3 Å². The first-order chi connectivity index (χ1) is 16.0. The third kappa shape index (κ3) is 2.98. The lowest BCUT2D eigenvalue weighted by Gasteiger charge is -2.51. The van der Waals surface area contributed by atoms with Crippen LogP contribution >= 0.6 is 11.3 Å². The Hall–Kier alpha value is -3.64. The van der Waals surface area contributed by atoms with Crippen LogP contribution in [0.1, 0.15) is 24.3 Å². The van der Waals surface area contributed by atoms with Crippen molar-refractivity contribution in [1.29, 1.82) is 0 Å². The number of carbonyl (C=O) groups excluding carboxylic acids is 1. The molecule has 4 atom stereocenters. The molecule has 3 aromatic rings. The number of nitro groups is 1. The molecule has 1 aromatic carbocycles. The van der Waals surface area contributed by atoms with Gasteiger partial charge < -0.3 is 15.1 Å². The third-order valence-electron chi connectivity index (χ3n) is 6.70. The maximum absolute atomic E-state index is 14.1. The molecule has 10 nitrogen and oxygen atoms in total. The normalized spacial score (nSPS) is 24.9. The number of fused-ring (bicyclic) bond motifs is 2. The highest BCUT2D eigenvalue weighted by atomic mass is 32.1. The molecule has 12 heteroatoms. The van der Waals surface area contributed by atoms with E-state index in [1.807, 2.05) is 6.92 Å². The van der Waals surface area contributed by atoms with Gasteiger partial charge in [-0.1, -0.05) is 19.1 Å². The van der Waals surface area contributed by atoms with Crippen LogP contribution in [0.3, 0.4) is 0 Å². The molecule has 2 N–H and O–H groups in total. The van der Waals surface area contributed by atoms with E-state index < -0.39 is 46.2 Å². The van der Waals surface area contributed by atoms with Gasteiger partial charge in [0.25, 0.3) is 5.69 Å². The van der Waals surface area contributed by atoms with Crippen LogP contribution in [-0.2, 0) is 16.0 Å². The van der Waals surface area contributed by atoms with Gasteiger partial charge >= 0.3 is 5.97 Å². The minimum absolute atomic E-state index is 0.0824. The summed E-state index contributed by atoms with van der Waals surface area (Å²) >= 11 is 1.03.